The number of rotatable bonds is 9. The van der Waals surface area contributed by atoms with E-state index in [1.807, 2.05) is 0 Å². The maximum Gasteiger partial charge on any atom is 0.310 e. The predicted molar refractivity (Wildman–Crippen MR) is 77.9 cm³/mol. The van der Waals surface area contributed by atoms with Gasteiger partial charge in [-0.1, -0.05) is 25.7 Å². The topological polar surface area (TPSA) is 95.9 Å². The van der Waals surface area contributed by atoms with E-state index in [4.69, 9.17) is 9.84 Å². The Kier molecular flexibility index (Phi) is 8.30. The first-order valence-corrected chi connectivity index (χ1v) is 7.79. The average Bonchev–Trinajstić information content (AvgIpc) is 2.69. The fourth-order valence-electron chi connectivity index (χ4n) is 2.81. The van der Waals surface area contributed by atoms with Gasteiger partial charge in [-0.15, -0.1) is 0 Å². The van der Waals surface area contributed by atoms with Crippen LogP contribution >= 0.6 is 0 Å². The molecule has 0 unspecified atom stereocenters. The number of carbonyl (C=O) groups is 2. The molecule has 3 N–H and O–H groups in total. The highest BCUT2D eigenvalue weighted by Crippen LogP contribution is 2.38. The number of nitrogens with one attached hydrogen (secondary N) is 1. The van der Waals surface area contributed by atoms with E-state index in [1.165, 1.54) is 0 Å². The van der Waals surface area contributed by atoms with Gasteiger partial charge in [-0.2, -0.15) is 0 Å². The number of aliphatic hydroxyl groups is 1. The summed E-state index contributed by atoms with van der Waals surface area (Å²) in [6, 6.07) is 0. The Morgan fingerprint density at radius 3 is 2.33 bits per heavy atom. The second kappa shape index (κ2) is 9.73. The van der Waals surface area contributed by atoms with Crippen molar-refractivity contribution < 1.29 is 24.5 Å². The summed E-state index contributed by atoms with van der Waals surface area (Å²) in [6.45, 7) is 1.24. The molecular weight excluding hydrogens is 274 g/mol. The Bertz CT molecular complexity index is 324. The molecule has 1 fully saturated rings. The maximum atomic E-state index is 12.0. The summed E-state index contributed by atoms with van der Waals surface area (Å²) in [5.74, 6) is -1.03. The van der Waals surface area contributed by atoms with E-state index in [9.17, 15) is 14.7 Å². The first-order chi connectivity index (χ1) is 10.1. The highest BCUT2D eigenvalue weighted by Gasteiger charge is 2.40. The molecule has 21 heavy (non-hydrogen) atoms. The van der Waals surface area contributed by atoms with Crippen LogP contribution in [0.5, 0.6) is 0 Å². The molecule has 1 saturated carbocycles. The number of hydrogen-bond donors (Lipinski definition) is 3. The number of aliphatic hydroxyl groups excluding tert-OH is 1. The van der Waals surface area contributed by atoms with Gasteiger partial charge in [-0.3, -0.25) is 9.59 Å². The summed E-state index contributed by atoms with van der Waals surface area (Å²) in [6.07, 6.45) is 5.79. The maximum absolute atomic E-state index is 12.0. The molecule has 0 aromatic rings. The largest absolute Gasteiger partial charge is 0.481 e. The van der Waals surface area contributed by atoms with Gasteiger partial charge in [-0.25, -0.2) is 0 Å². The second-order valence-corrected chi connectivity index (χ2v) is 5.72. The third-order valence-electron chi connectivity index (χ3n) is 4.04. The zero-order chi connectivity index (χ0) is 15.6. The molecule has 122 valence electrons. The number of amides is 1. The molecule has 1 rings (SSSR count). The summed E-state index contributed by atoms with van der Waals surface area (Å²) < 4.78 is 5.09. The van der Waals surface area contributed by atoms with Gasteiger partial charge < -0.3 is 20.3 Å². The first kappa shape index (κ1) is 17.9. The van der Waals surface area contributed by atoms with Crippen LogP contribution in [0.3, 0.4) is 0 Å². The Balaban J connectivity index is 2.33. The van der Waals surface area contributed by atoms with Crippen molar-refractivity contribution in [1.29, 1.82) is 0 Å². The minimum absolute atomic E-state index is 0.00646. The van der Waals surface area contributed by atoms with Gasteiger partial charge in [0.25, 0.3) is 0 Å². The summed E-state index contributed by atoms with van der Waals surface area (Å²) >= 11 is 0. The number of ether oxygens (including phenoxy) is 1. The second-order valence-electron chi connectivity index (χ2n) is 5.72. The SMILES string of the molecule is O=C(CC1(C(=O)O)CCCCCC1)NCCCOCCO. The summed E-state index contributed by atoms with van der Waals surface area (Å²) in [4.78, 5) is 23.6. The van der Waals surface area contributed by atoms with E-state index < -0.39 is 11.4 Å². The minimum Gasteiger partial charge on any atom is -0.481 e. The van der Waals surface area contributed by atoms with Gasteiger partial charge in [0, 0.05) is 19.6 Å². The summed E-state index contributed by atoms with van der Waals surface area (Å²) in [5.41, 5.74) is -0.881. The first-order valence-electron chi connectivity index (χ1n) is 7.79. The zero-order valence-electron chi connectivity index (χ0n) is 12.6. The number of carbonyl (C=O) groups excluding carboxylic acids is 1. The van der Waals surface area contributed by atoms with Gasteiger partial charge >= 0.3 is 5.97 Å². The third kappa shape index (κ3) is 6.44. The molecule has 0 aromatic carbocycles. The lowest BCUT2D eigenvalue weighted by Gasteiger charge is -2.27. The van der Waals surface area contributed by atoms with Gasteiger partial charge in [0.2, 0.25) is 5.91 Å². The molecule has 0 bridgehead atoms. The number of carboxylic acids is 1. The van der Waals surface area contributed by atoms with E-state index in [2.05, 4.69) is 5.32 Å². The predicted octanol–water partition coefficient (Wildman–Crippen LogP) is 1.32. The monoisotopic (exact) mass is 301 g/mol. The van der Waals surface area contributed by atoms with Crippen LogP contribution in [0.25, 0.3) is 0 Å². The fourth-order valence-corrected chi connectivity index (χ4v) is 2.81. The third-order valence-corrected chi connectivity index (χ3v) is 4.04. The van der Waals surface area contributed by atoms with Gasteiger partial charge in [0.1, 0.15) is 0 Å². The van der Waals surface area contributed by atoms with Crippen LogP contribution in [-0.2, 0) is 14.3 Å². The molecule has 0 aromatic heterocycles. The molecule has 0 atom stereocenters. The van der Waals surface area contributed by atoms with E-state index in [0.29, 0.717) is 39.0 Å². The summed E-state index contributed by atoms with van der Waals surface area (Å²) in [7, 11) is 0. The van der Waals surface area contributed by atoms with E-state index in [-0.39, 0.29) is 18.9 Å². The van der Waals surface area contributed by atoms with Crippen molar-refractivity contribution in [3.8, 4) is 0 Å². The minimum atomic E-state index is -0.881. The van der Waals surface area contributed by atoms with Gasteiger partial charge in [0.15, 0.2) is 0 Å². The zero-order valence-corrected chi connectivity index (χ0v) is 12.6. The Hall–Kier alpha value is -1.14. The highest BCUT2D eigenvalue weighted by atomic mass is 16.5. The Morgan fingerprint density at radius 2 is 1.76 bits per heavy atom. The lowest BCUT2D eigenvalue weighted by Crippen LogP contribution is -2.37. The van der Waals surface area contributed by atoms with Crippen molar-refractivity contribution in [2.24, 2.45) is 5.41 Å². The number of hydrogen-bond acceptors (Lipinski definition) is 4. The molecule has 1 amide bonds. The van der Waals surface area contributed by atoms with Crippen LogP contribution in [0.4, 0.5) is 0 Å². The van der Waals surface area contributed by atoms with Crippen LogP contribution in [0, 0.1) is 5.41 Å². The normalized spacial score (nSPS) is 18.0. The molecule has 0 aliphatic heterocycles. The summed E-state index contributed by atoms with van der Waals surface area (Å²) in [5, 5.41) is 20.8. The van der Waals surface area contributed by atoms with Crippen molar-refractivity contribution in [2.45, 2.75) is 51.4 Å². The molecule has 0 heterocycles. The molecule has 1 aliphatic rings. The van der Waals surface area contributed by atoms with Gasteiger partial charge in [-0.05, 0) is 19.3 Å². The highest BCUT2D eigenvalue weighted by molar-refractivity contribution is 5.85. The smallest absolute Gasteiger partial charge is 0.310 e. The van der Waals surface area contributed by atoms with Crippen molar-refractivity contribution >= 4 is 11.9 Å². The van der Waals surface area contributed by atoms with Crippen molar-refractivity contribution in [3.63, 3.8) is 0 Å². The van der Waals surface area contributed by atoms with Gasteiger partial charge in [0.05, 0.1) is 18.6 Å². The van der Waals surface area contributed by atoms with E-state index >= 15 is 0 Å². The lowest BCUT2D eigenvalue weighted by molar-refractivity contribution is -0.152. The van der Waals surface area contributed by atoms with Crippen LogP contribution in [0.1, 0.15) is 51.4 Å². The van der Waals surface area contributed by atoms with Crippen molar-refractivity contribution in [2.75, 3.05) is 26.4 Å². The molecule has 6 nitrogen and oxygen atoms in total. The van der Waals surface area contributed by atoms with E-state index in [1.54, 1.807) is 0 Å². The van der Waals surface area contributed by atoms with E-state index in [0.717, 1.165) is 25.7 Å². The Labute approximate surface area is 125 Å². The number of aliphatic carboxylic acids is 1. The molecular formula is C15H27NO5. The number of carboxylic acid groups (broad SMARTS) is 1. The average molecular weight is 301 g/mol. The molecule has 1 aliphatic carbocycles. The van der Waals surface area contributed by atoms with Crippen LogP contribution in [0.15, 0.2) is 0 Å². The molecule has 0 radical (unpaired) electrons. The molecule has 0 spiro atoms. The molecule has 0 saturated heterocycles. The van der Waals surface area contributed by atoms with Crippen LogP contribution in [0.2, 0.25) is 0 Å². The van der Waals surface area contributed by atoms with Crippen molar-refractivity contribution in [3.05, 3.63) is 0 Å². The van der Waals surface area contributed by atoms with Crippen molar-refractivity contribution in [1.82, 2.24) is 5.32 Å². The standard InChI is InChI=1S/C15H27NO5/c17-9-11-21-10-5-8-16-13(18)12-15(14(19)20)6-3-1-2-4-7-15/h17H,1-12H2,(H,16,18)(H,19,20). The van der Waals surface area contributed by atoms with Crippen LogP contribution < -0.4 is 5.32 Å². The lowest BCUT2D eigenvalue weighted by atomic mass is 9.77. The fraction of sp³-hybridized carbons (Fsp3) is 0.867. The quantitative estimate of drug-likeness (QED) is 0.441. The van der Waals surface area contributed by atoms with Crippen LogP contribution in [-0.4, -0.2) is 48.5 Å². The molecule has 6 heteroatoms. The Morgan fingerprint density at radius 1 is 1.10 bits per heavy atom.